The van der Waals surface area contributed by atoms with E-state index < -0.39 is 36.0 Å². The molecule has 0 aromatic rings. The molecule has 0 aromatic carbocycles. The fourth-order valence-electron chi connectivity index (χ4n) is 2.68. The summed E-state index contributed by atoms with van der Waals surface area (Å²) in [5, 5.41) is 26.5. The van der Waals surface area contributed by atoms with Gasteiger partial charge in [-0.2, -0.15) is 0 Å². The normalized spacial score (nSPS) is 30.8. The van der Waals surface area contributed by atoms with Gasteiger partial charge in [0.15, 0.2) is 0 Å². The largest absolute Gasteiger partial charge is 0.481 e. The second kappa shape index (κ2) is 6.51. The summed E-state index contributed by atoms with van der Waals surface area (Å²) in [7, 11) is 0. The van der Waals surface area contributed by atoms with Crippen LogP contribution in [0.2, 0.25) is 0 Å². The predicted octanol–water partition coefficient (Wildman–Crippen LogP) is 0.820. The molecule has 108 valence electrons. The molecule has 0 bridgehead atoms. The molecule has 1 aliphatic heterocycles. The molecular weight excluding hydrogens is 256 g/mol. The fraction of sp³-hybridized carbons (Fsp3) is 0.750. The first-order valence-corrected chi connectivity index (χ1v) is 6.10. The maximum absolute atomic E-state index is 10.8. The molecule has 1 aliphatic rings. The first-order valence-electron chi connectivity index (χ1n) is 6.10. The van der Waals surface area contributed by atoms with E-state index in [-0.39, 0.29) is 31.6 Å². The number of carbonyl (C=O) groups is 3. The Morgan fingerprint density at radius 1 is 1.00 bits per heavy atom. The van der Waals surface area contributed by atoms with Crippen LogP contribution in [0.15, 0.2) is 0 Å². The van der Waals surface area contributed by atoms with Crippen LogP contribution in [0.5, 0.6) is 0 Å². The van der Waals surface area contributed by atoms with Gasteiger partial charge >= 0.3 is 17.9 Å². The molecule has 1 saturated heterocycles. The maximum atomic E-state index is 10.8. The Bertz CT molecular complexity index is 365. The third-order valence-corrected chi connectivity index (χ3v) is 3.43. The van der Waals surface area contributed by atoms with Crippen molar-refractivity contribution in [2.75, 3.05) is 0 Å². The van der Waals surface area contributed by atoms with E-state index >= 15 is 0 Å². The average molecular weight is 274 g/mol. The van der Waals surface area contributed by atoms with Gasteiger partial charge in [0.25, 0.3) is 0 Å². The van der Waals surface area contributed by atoms with Crippen molar-refractivity contribution < 1.29 is 34.4 Å². The van der Waals surface area contributed by atoms with Gasteiger partial charge in [0.1, 0.15) is 0 Å². The monoisotopic (exact) mass is 274 g/mol. The van der Waals surface area contributed by atoms with Crippen LogP contribution in [0.25, 0.3) is 0 Å². The Morgan fingerprint density at radius 2 is 1.53 bits per heavy atom. The molecule has 0 amide bonds. The first kappa shape index (κ1) is 15.4. The Hall–Kier alpha value is -1.63. The summed E-state index contributed by atoms with van der Waals surface area (Å²) >= 11 is 0. The van der Waals surface area contributed by atoms with Crippen molar-refractivity contribution in [3.8, 4) is 0 Å². The standard InChI is InChI=1S/C12H18O7/c1-6-9(5-12(17)18)7(3-10(13)14)2-8(19-6)4-11(15)16/h6-9H,2-5H2,1H3,(H,13,14)(H,15,16)(H,17,18)/t6-,7-,8-,9-/m0/s1. The first-order chi connectivity index (χ1) is 8.79. The molecule has 0 spiro atoms. The minimum Gasteiger partial charge on any atom is -0.481 e. The molecule has 0 radical (unpaired) electrons. The number of aliphatic carboxylic acids is 3. The van der Waals surface area contributed by atoms with Gasteiger partial charge in [0.05, 0.1) is 25.0 Å². The Labute approximate surface area is 110 Å². The van der Waals surface area contributed by atoms with Crippen LogP contribution < -0.4 is 0 Å². The summed E-state index contributed by atoms with van der Waals surface area (Å²) in [5.74, 6) is -3.81. The highest BCUT2D eigenvalue weighted by atomic mass is 16.5. The van der Waals surface area contributed by atoms with Crippen LogP contribution in [0.4, 0.5) is 0 Å². The van der Waals surface area contributed by atoms with Crippen LogP contribution >= 0.6 is 0 Å². The number of rotatable bonds is 6. The summed E-state index contributed by atoms with van der Waals surface area (Å²) in [6.07, 6.45) is -1.28. The molecule has 1 rings (SSSR count). The molecule has 19 heavy (non-hydrogen) atoms. The maximum Gasteiger partial charge on any atom is 0.305 e. The van der Waals surface area contributed by atoms with Gasteiger partial charge in [-0.3, -0.25) is 14.4 Å². The van der Waals surface area contributed by atoms with Crippen molar-refractivity contribution in [1.82, 2.24) is 0 Å². The summed E-state index contributed by atoms with van der Waals surface area (Å²) in [5.41, 5.74) is 0. The molecular formula is C12H18O7. The molecule has 7 heteroatoms. The van der Waals surface area contributed by atoms with Crippen LogP contribution in [0.1, 0.15) is 32.6 Å². The van der Waals surface area contributed by atoms with Crippen molar-refractivity contribution in [3.63, 3.8) is 0 Å². The predicted molar refractivity (Wildman–Crippen MR) is 62.7 cm³/mol. The van der Waals surface area contributed by atoms with E-state index in [0.29, 0.717) is 0 Å². The topological polar surface area (TPSA) is 121 Å². The molecule has 0 saturated carbocycles. The Morgan fingerprint density at radius 3 is 2.00 bits per heavy atom. The van der Waals surface area contributed by atoms with E-state index in [4.69, 9.17) is 20.1 Å². The number of hydrogen-bond donors (Lipinski definition) is 3. The fourth-order valence-corrected chi connectivity index (χ4v) is 2.68. The van der Waals surface area contributed by atoms with Gasteiger partial charge in [-0.1, -0.05) is 0 Å². The summed E-state index contributed by atoms with van der Waals surface area (Å²) in [4.78, 5) is 32.3. The molecule has 7 nitrogen and oxygen atoms in total. The lowest BCUT2D eigenvalue weighted by atomic mass is 9.77. The lowest BCUT2D eigenvalue weighted by Crippen LogP contribution is -2.42. The Balaban J connectivity index is 2.77. The lowest BCUT2D eigenvalue weighted by molar-refractivity contribution is -0.158. The van der Waals surface area contributed by atoms with Crippen LogP contribution in [0, 0.1) is 11.8 Å². The second-order valence-electron chi connectivity index (χ2n) is 4.92. The molecule has 0 unspecified atom stereocenters. The number of carboxylic acid groups (broad SMARTS) is 3. The van der Waals surface area contributed by atoms with E-state index in [1.165, 1.54) is 0 Å². The highest BCUT2D eigenvalue weighted by Gasteiger charge is 2.39. The molecule has 0 aliphatic carbocycles. The van der Waals surface area contributed by atoms with Crippen LogP contribution in [-0.2, 0) is 19.1 Å². The van der Waals surface area contributed by atoms with E-state index in [1.54, 1.807) is 6.92 Å². The SMILES string of the molecule is C[C@@H]1O[C@H](CC(=O)O)C[C@@H](CC(=O)O)[C@H]1CC(=O)O. The van der Waals surface area contributed by atoms with E-state index in [9.17, 15) is 14.4 Å². The zero-order valence-electron chi connectivity index (χ0n) is 10.6. The highest BCUT2D eigenvalue weighted by molar-refractivity contribution is 5.69. The minimum atomic E-state index is -1.01. The van der Waals surface area contributed by atoms with Crippen molar-refractivity contribution in [1.29, 1.82) is 0 Å². The van der Waals surface area contributed by atoms with Crippen LogP contribution in [-0.4, -0.2) is 45.4 Å². The van der Waals surface area contributed by atoms with Crippen molar-refractivity contribution >= 4 is 17.9 Å². The summed E-state index contributed by atoms with van der Waals surface area (Å²) < 4.78 is 5.49. The third kappa shape index (κ3) is 4.86. The van der Waals surface area contributed by atoms with Gasteiger partial charge in [-0.05, 0) is 25.2 Å². The lowest BCUT2D eigenvalue weighted by Gasteiger charge is -2.39. The van der Waals surface area contributed by atoms with Gasteiger partial charge in [-0.25, -0.2) is 0 Å². The molecule has 1 heterocycles. The smallest absolute Gasteiger partial charge is 0.305 e. The molecule has 0 aromatic heterocycles. The van der Waals surface area contributed by atoms with Crippen molar-refractivity contribution in [2.24, 2.45) is 11.8 Å². The zero-order chi connectivity index (χ0) is 14.6. The number of hydrogen-bond acceptors (Lipinski definition) is 4. The summed E-state index contributed by atoms with van der Waals surface area (Å²) in [6, 6.07) is 0. The number of ether oxygens (including phenoxy) is 1. The molecule has 4 atom stereocenters. The zero-order valence-corrected chi connectivity index (χ0v) is 10.6. The van der Waals surface area contributed by atoms with E-state index in [2.05, 4.69) is 0 Å². The third-order valence-electron chi connectivity index (χ3n) is 3.43. The van der Waals surface area contributed by atoms with Crippen molar-refractivity contribution in [2.45, 2.75) is 44.8 Å². The van der Waals surface area contributed by atoms with Gasteiger partial charge < -0.3 is 20.1 Å². The van der Waals surface area contributed by atoms with Gasteiger partial charge in [-0.15, -0.1) is 0 Å². The van der Waals surface area contributed by atoms with E-state index in [1.807, 2.05) is 0 Å². The van der Waals surface area contributed by atoms with Gasteiger partial charge in [0, 0.05) is 6.42 Å². The second-order valence-corrected chi connectivity index (χ2v) is 4.92. The van der Waals surface area contributed by atoms with Gasteiger partial charge in [0.2, 0.25) is 0 Å². The minimum absolute atomic E-state index is 0.165. The van der Waals surface area contributed by atoms with Crippen LogP contribution in [0.3, 0.4) is 0 Å². The van der Waals surface area contributed by atoms with E-state index in [0.717, 1.165) is 0 Å². The highest BCUT2D eigenvalue weighted by Crippen LogP contribution is 2.36. The average Bonchev–Trinajstić information content (AvgIpc) is 2.21. The summed E-state index contributed by atoms with van der Waals surface area (Å²) in [6.45, 7) is 1.66. The molecule has 1 fully saturated rings. The Kier molecular flexibility index (Phi) is 5.29. The quantitative estimate of drug-likeness (QED) is 0.655. The number of carboxylic acids is 3. The molecule has 3 N–H and O–H groups in total. The van der Waals surface area contributed by atoms with Crippen molar-refractivity contribution in [3.05, 3.63) is 0 Å².